The van der Waals surface area contributed by atoms with E-state index in [1.807, 2.05) is 24.3 Å². The van der Waals surface area contributed by atoms with E-state index >= 15 is 0 Å². The van der Waals surface area contributed by atoms with Crippen molar-refractivity contribution in [2.24, 2.45) is 0 Å². The fourth-order valence-electron chi connectivity index (χ4n) is 3.48. The van der Waals surface area contributed by atoms with Gasteiger partial charge in [0, 0.05) is 0 Å². The second-order valence-corrected chi connectivity index (χ2v) is 11.9. The summed E-state index contributed by atoms with van der Waals surface area (Å²) in [6, 6.07) is 23.2. The highest BCUT2D eigenvalue weighted by atomic mass is 32.2. The molecule has 0 saturated heterocycles. The van der Waals surface area contributed by atoms with Crippen LogP contribution in [-0.4, -0.2) is 8.42 Å². The number of hydrogen-bond donors (Lipinski definition) is 0. The average molecular weight is 465 g/mol. The molecule has 0 bridgehead atoms. The minimum absolute atomic E-state index is 0.351. The molecule has 3 rings (SSSR count). The minimum atomic E-state index is -3.42. The Morgan fingerprint density at radius 3 is 1.03 bits per heavy atom. The van der Waals surface area contributed by atoms with Crippen LogP contribution in [0.25, 0.3) is 0 Å². The van der Waals surface area contributed by atoms with E-state index in [2.05, 4.69) is 79.7 Å². The first kappa shape index (κ1) is 26.9. The zero-order valence-corrected chi connectivity index (χ0v) is 22.3. The third-order valence-electron chi connectivity index (χ3n) is 5.96. The molecule has 3 heteroatoms. The molecule has 0 unspecified atom stereocenters. The Hall–Kier alpha value is -2.39. The Labute approximate surface area is 202 Å². The van der Waals surface area contributed by atoms with Crippen molar-refractivity contribution in [3.05, 3.63) is 95.1 Å². The van der Waals surface area contributed by atoms with Crippen LogP contribution < -0.4 is 0 Å². The van der Waals surface area contributed by atoms with E-state index in [1.54, 1.807) is 24.3 Å². The topological polar surface area (TPSA) is 34.1 Å². The Morgan fingerprint density at radius 1 is 0.455 bits per heavy atom. The van der Waals surface area contributed by atoms with Gasteiger partial charge in [0.1, 0.15) is 0 Å². The fraction of sp³-hybridized carbons (Fsp3) is 0.400. The van der Waals surface area contributed by atoms with Crippen molar-refractivity contribution in [2.45, 2.75) is 88.9 Å². The highest BCUT2D eigenvalue weighted by Gasteiger charge is 2.17. The quantitative estimate of drug-likeness (QED) is 0.365. The van der Waals surface area contributed by atoms with Crippen molar-refractivity contribution in [2.75, 3.05) is 0 Å². The summed E-state index contributed by atoms with van der Waals surface area (Å²) in [5, 5.41) is 0. The normalized spacial score (nSPS) is 11.8. The maximum Gasteiger partial charge on any atom is 0.206 e. The molecule has 0 aromatic heterocycles. The molecule has 33 heavy (non-hydrogen) atoms. The van der Waals surface area contributed by atoms with E-state index in [9.17, 15) is 8.42 Å². The van der Waals surface area contributed by atoms with Gasteiger partial charge in [0.2, 0.25) is 9.84 Å². The van der Waals surface area contributed by atoms with E-state index in [4.69, 9.17) is 0 Å². The SMILES string of the molecule is CC(C)c1ccc(S(=O)(=O)c2ccc(C(C)C)cc2)cc1.CC(C)c1cccc(C(C)C)c1. The van der Waals surface area contributed by atoms with E-state index < -0.39 is 9.84 Å². The van der Waals surface area contributed by atoms with E-state index in [-0.39, 0.29) is 0 Å². The van der Waals surface area contributed by atoms with Crippen molar-refractivity contribution in [1.29, 1.82) is 0 Å². The molecule has 3 aromatic rings. The van der Waals surface area contributed by atoms with Crippen molar-refractivity contribution >= 4 is 9.84 Å². The van der Waals surface area contributed by atoms with Gasteiger partial charge in [-0.1, -0.05) is 104 Å². The van der Waals surface area contributed by atoms with Gasteiger partial charge in [0.15, 0.2) is 0 Å². The minimum Gasteiger partial charge on any atom is -0.219 e. The average Bonchev–Trinajstić information content (AvgIpc) is 2.79. The van der Waals surface area contributed by atoms with Crippen molar-refractivity contribution in [3.8, 4) is 0 Å². The molecule has 0 spiro atoms. The highest BCUT2D eigenvalue weighted by molar-refractivity contribution is 7.91. The van der Waals surface area contributed by atoms with Crippen LogP contribution in [0, 0.1) is 0 Å². The van der Waals surface area contributed by atoms with Crippen LogP contribution in [0.2, 0.25) is 0 Å². The lowest BCUT2D eigenvalue weighted by atomic mass is 9.96. The zero-order chi connectivity index (χ0) is 24.8. The van der Waals surface area contributed by atoms with Gasteiger partial charge in [-0.05, 0) is 70.2 Å². The molecule has 0 N–H and O–H groups in total. The van der Waals surface area contributed by atoms with Crippen LogP contribution >= 0.6 is 0 Å². The summed E-state index contributed by atoms with van der Waals surface area (Å²) in [6.07, 6.45) is 0. The Bertz CT molecular complexity index is 1020. The van der Waals surface area contributed by atoms with Gasteiger partial charge >= 0.3 is 0 Å². The molecule has 0 aliphatic rings. The maximum absolute atomic E-state index is 12.6. The molecule has 0 heterocycles. The predicted molar refractivity (Wildman–Crippen MR) is 141 cm³/mol. The van der Waals surface area contributed by atoms with Crippen LogP contribution in [0.3, 0.4) is 0 Å². The highest BCUT2D eigenvalue weighted by Crippen LogP contribution is 2.25. The van der Waals surface area contributed by atoms with Crippen LogP contribution in [0.15, 0.2) is 82.6 Å². The molecule has 0 aliphatic carbocycles. The number of sulfone groups is 1. The van der Waals surface area contributed by atoms with Gasteiger partial charge in [-0.2, -0.15) is 0 Å². The molecule has 178 valence electrons. The van der Waals surface area contributed by atoms with E-state index in [0.717, 1.165) is 11.1 Å². The second kappa shape index (κ2) is 11.7. The smallest absolute Gasteiger partial charge is 0.206 e. The summed E-state index contributed by atoms with van der Waals surface area (Å²) in [5.74, 6) is 2.08. The number of benzene rings is 3. The summed E-state index contributed by atoms with van der Waals surface area (Å²) >= 11 is 0. The lowest BCUT2D eigenvalue weighted by Crippen LogP contribution is -2.02. The van der Waals surface area contributed by atoms with Crippen LogP contribution in [-0.2, 0) is 9.84 Å². The monoisotopic (exact) mass is 464 g/mol. The molecule has 0 radical (unpaired) electrons. The first-order valence-corrected chi connectivity index (χ1v) is 13.5. The predicted octanol–water partition coefficient (Wildman–Crippen LogP) is 8.70. The summed E-state index contributed by atoms with van der Waals surface area (Å²) in [5.41, 5.74) is 5.18. The van der Waals surface area contributed by atoms with Crippen LogP contribution in [0.5, 0.6) is 0 Å². The van der Waals surface area contributed by atoms with Gasteiger partial charge in [0.25, 0.3) is 0 Å². The zero-order valence-electron chi connectivity index (χ0n) is 21.5. The van der Waals surface area contributed by atoms with Crippen LogP contribution in [0.1, 0.15) is 101 Å². The van der Waals surface area contributed by atoms with Crippen LogP contribution in [0.4, 0.5) is 0 Å². The third kappa shape index (κ3) is 7.30. The Morgan fingerprint density at radius 2 is 0.758 bits per heavy atom. The molecule has 3 aromatic carbocycles. The Balaban J connectivity index is 0.000000273. The maximum atomic E-state index is 12.6. The summed E-state index contributed by atoms with van der Waals surface area (Å²) in [4.78, 5) is 0.702. The summed E-state index contributed by atoms with van der Waals surface area (Å²) in [6.45, 7) is 17.3. The van der Waals surface area contributed by atoms with Crippen molar-refractivity contribution < 1.29 is 8.42 Å². The van der Waals surface area contributed by atoms with Crippen molar-refractivity contribution in [3.63, 3.8) is 0 Å². The van der Waals surface area contributed by atoms with Gasteiger partial charge in [-0.25, -0.2) is 8.42 Å². The first-order chi connectivity index (χ1) is 15.4. The van der Waals surface area contributed by atoms with Gasteiger partial charge in [-0.3, -0.25) is 0 Å². The molecular formula is C30H40O2S. The molecular weight excluding hydrogens is 424 g/mol. The fourth-order valence-corrected chi connectivity index (χ4v) is 4.74. The number of hydrogen-bond acceptors (Lipinski definition) is 2. The number of rotatable bonds is 6. The summed E-state index contributed by atoms with van der Waals surface area (Å²) in [7, 11) is -3.42. The van der Waals surface area contributed by atoms with E-state index in [1.165, 1.54) is 11.1 Å². The van der Waals surface area contributed by atoms with Gasteiger partial charge in [-0.15, -0.1) is 0 Å². The molecule has 0 aliphatic heterocycles. The summed E-state index contributed by atoms with van der Waals surface area (Å²) < 4.78 is 25.2. The molecule has 0 saturated carbocycles. The molecule has 0 amide bonds. The molecule has 2 nitrogen and oxygen atoms in total. The van der Waals surface area contributed by atoms with Gasteiger partial charge in [0.05, 0.1) is 9.79 Å². The lowest BCUT2D eigenvalue weighted by Gasteiger charge is -2.10. The largest absolute Gasteiger partial charge is 0.219 e. The Kier molecular flexibility index (Phi) is 9.48. The van der Waals surface area contributed by atoms with E-state index in [0.29, 0.717) is 33.5 Å². The third-order valence-corrected chi connectivity index (χ3v) is 7.74. The lowest BCUT2D eigenvalue weighted by molar-refractivity contribution is 0.596. The van der Waals surface area contributed by atoms with Crippen molar-refractivity contribution in [1.82, 2.24) is 0 Å². The second-order valence-electron chi connectivity index (χ2n) is 9.93. The van der Waals surface area contributed by atoms with Gasteiger partial charge < -0.3 is 0 Å². The molecule has 0 atom stereocenters. The molecule has 0 fully saturated rings. The first-order valence-electron chi connectivity index (χ1n) is 12.0. The standard InChI is InChI=1S/C18H22O2S.C12H18/c1-13(2)15-5-9-17(10-6-15)21(19,20)18-11-7-16(8-12-18)14(3)4;1-9(2)11-6-5-7-12(8-11)10(3)4/h5-14H,1-4H3;5-10H,1-4H3.